The van der Waals surface area contributed by atoms with Gasteiger partial charge in [0.1, 0.15) is 0 Å². The van der Waals surface area contributed by atoms with Crippen molar-refractivity contribution >= 4 is 21.6 Å². The van der Waals surface area contributed by atoms with E-state index in [0.29, 0.717) is 0 Å². The fourth-order valence-corrected chi connectivity index (χ4v) is 2.29. The monoisotopic (exact) mass is 284 g/mol. The van der Waals surface area contributed by atoms with Crippen LogP contribution in [0, 0.1) is 0 Å². The molecule has 1 unspecified atom stereocenters. The van der Waals surface area contributed by atoms with Gasteiger partial charge < -0.3 is 9.64 Å². The van der Waals surface area contributed by atoms with Crippen LogP contribution in [0.4, 0.5) is 5.69 Å². The average Bonchev–Trinajstić information content (AvgIpc) is 2.29. The van der Waals surface area contributed by atoms with Crippen LogP contribution in [0.25, 0.3) is 0 Å². The number of pyridine rings is 1. The van der Waals surface area contributed by atoms with Crippen molar-refractivity contribution in [3.8, 4) is 0 Å². The van der Waals surface area contributed by atoms with Gasteiger partial charge in [0, 0.05) is 23.8 Å². The highest BCUT2D eigenvalue weighted by Gasteiger charge is 2.30. The van der Waals surface area contributed by atoms with E-state index in [1.807, 2.05) is 12.4 Å². The lowest BCUT2D eigenvalue weighted by Gasteiger charge is -2.41. The number of morpholine rings is 1. The van der Waals surface area contributed by atoms with Gasteiger partial charge in [-0.05, 0) is 35.3 Å². The van der Waals surface area contributed by atoms with E-state index in [2.05, 4.69) is 45.7 Å². The Hall–Kier alpha value is -0.610. The summed E-state index contributed by atoms with van der Waals surface area (Å²) in [6, 6.07) is 2.11. The molecule has 1 saturated heterocycles. The SMILES string of the molecule is CCC1(C)CN(c2cncc(Br)c2)CCO1. The van der Waals surface area contributed by atoms with E-state index in [4.69, 9.17) is 4.74 Å². The number of aromatic nitrogens is 1. The van der Waals surface area contributed by atoms with Crippen LogP contribution in [0.5, 0.6) is 0 Å². The lowest BCUT2D eigenvalue weighted by atomic mass is 10.0. The van der Waals surface area contributed by atoms with Gasteiger partial charge in [-0.25, -0.2) is 0 Å². The van der Waals surface area contributed by atoms with E-state index in [0.717, 1.165) is 36.3 Å². The summed E-state index contributed by atoms with van der Waals surface area (Å²) in [6.07, 6.45) is 4.75. The molecule has 1 fully saturated rings. The second-order valence-corrected chi connectivity index (χ2v) is 5.35. The first-order valence-electron chi connectivity index (χ1n) is 5.62. The summed E-state index contributed by atoms with van der Waals surface area (Å²) in [5, 5.41) is 0. The third-order valence-electron chi connectivity index (χ3n) is 3.14. The molecule has 0 spiro atoms. The molecule has 4 heteroatoms. The number of hydrogen-bond donors (Lipinski definition) is 0. The molecule has 2 heterocycles. The second-order valence-electron chi connectivity index (χ2n) is 4.43. The molecule has 0 amide bonds. The zero-order valence-electron chi connectivity index (χ0n) is 9.74. The van der Waals surface area contributed by atoms with Gasteiger partial charge in [0.2, 0.25) is 0 Å². The molecule has 88 valence electrons. The van der Waals surface area contributed by atoms with Crippen molar-refractivity contribution in [3.63, 3.8) is 0 Å². The van der Waals surface area contributed by atoms with Gasteiger partial charge in [0.15, 0.2) is 0 Å². The first kappa shape index (κ1) is 11.9. The normalized spacial score (nSPS) is 25.8. The molecule has 2 rings (SSSR count). The smallest absolute Gasteiger partial charge is 0.0826 e. The quantitative estimate of drug-likeness (QED) is 0.835. The predicted octanol–water partition coefficient (Wildman–Crippen LogP) is 2.85. The van der Waals surface area contributed by atoms with Crippen molar-refractivity contribution in [1.29, 1.82) is 0 Å². The van der Waals surface area contributed by atoms with Gasteiger partial charge in [-0.1, -0.05) is 6.92 Å². The van der Waals surface area contributed by atoms with E-state index >= 15 is 0 Å². The van der Waals surface area contributed by atoms with Crippen molar-refractivity contribution in [2.75, 3.05) is 24.6 Å². The Morgan fingerprint density at radius 2 is 2.38 bits per heavy atom. The summed E-state index contributed by atoms with van der Waals surface area (Å²) >= 11 is 3.45. The summed E-state index contributed by atoms with van der Waals surface area (Å²) in [7, 11) is 0. The molecule has 1 atom stereocenters. The fraction of sp³-hybridized carbons (Fsp3) is 0.583. The molecule has 1 aromatic rings. The number of halogens is 1. The summed E-state index contributed by atoms with van der Waals surface area (Å²) in [5.74, 6) is 0. The first-order chi connectivity index (χ1) is 7.63. The van der Waals surface area contributed by atoms with Crippen molar-refractivity contribution in [2.45, 2.75) is 25.9 Å². The maximum atomic E-state index is 5.82. The highest BCUT2D eigenvalue weighted by atomic mass is 79.9. The zero-order valence-corrected chi connectivity index (χ0v) is 11.3. The Bertz CT molecular complexity index is 372. The van der Waals surface area contributed by atoms with E-state index < -0.39 is 0 Å². The Morgan fingerprint density at radius 1 is 1.56 bits per heavy atom. The van der Waals surface area contributed by atoms with E-state index in [1.165, 1.54) is 0 Å². The number of anilines is 1. The van der Waals surface area contributed by atoms with Crippen LogP contribution in [0.2, 0.25) is 0 Å². The van der Waals surface area contributed by atoms with Crippen LogP contribution in [0.1, 0.15) is 20.3 Å². The number of hydrogen-bond acceptors (Lipinski definition) is 3. The molecule has 3 nitrogen and oxygen atoms in total. The molecule has 0 N–H and O–H groups in total. The van der Waals surface area contributed by atoms with Gasteiger partial charge in [-0.15, -0.1) is 0 Å². The van der Waals surface area contributed by atoms with Gasteiger partial charge in [-0.3, -0.25) is 4.98 Å². The standard InChI is InChI=1S/C12H17BrN2O/c1-3-12(2)9-15(4-5-16-12)11-6-10(13)7-14-8-11/h6-8H,3-5,9H2,1-2H3. The molecule has 0 aliphatic carbocycles. The molecule has 0 bridgehead atoms. The third kappa shape index (κ3) is 2.55. The summed E-state index contributed by atoms with van der Waals surface area (Å²) in [6.45, 7) is 7.00. The Morgan fingerprint density at radius 3 is 3.06 bits per heavy atom. The molecule has 16 heavy (non-hydrogen) atoms. The van der Waals surface area contributed by atoms with Crippen molar-refractivity contribution in [1.82, 2.24) is 4.98 Å². The average molecular weight is 285 g/mol. The zero-order chi connectivity index (χ0) is 11.6. The molecule has 0 radical (unpaired) electrons. The van der Waals surface area contributed by atoms with Crippen molar-refractivity contribution < 1.29 is 4.74 Å². The van der Waals surface area contributed by atoms with E-state index in [9.17, 15) is 0 Å². The largest absolute Gasteiger partial charge is 0.372 e. The molecule has 1 aliphatic rings. The third-order valence-corrected chi connectivity index (χ3v) is 3.57. The Labute approximate surface area is 105 Å². The molecule has 1 aliphatic heterocycles. The molecule has 0 saturated carbocycles. The second kappa shape index (κ2) is 4.72. The predicted molar refractivity (Wildman–Crippen MR) is 68.8 cm³/mol. The lowest BCUT2D eigenvalue weighted by molar-refractivity contribution is -0.0441. The van der Waals surface area contributed by atoms with Crippen LogP contribution in [0.15, 0.2) is 22.9 Å². The van der Waals surface area contributed by atoms with Crippen LogP contribution >= 0.6 is 15.9 Å². The Kier molecular flexibility index (Phi) is 3.50. The summed E-state index contributed by atoms with van der Waals surface area (Å²) in [5.41, 5.74) is 1.14. The minimum atomic E-state index is -0.0272. The summed E-state index contributed by atoms with van der Waals surface area (Å²) < 4.78 is 6.85. The van der Waals surface area contributed by atoms with Crippen molar-refractivity contribution in [3.05, 3.63) is 22.9 Å². The maximum absolute atomic E-state index is 5.82. The van der Waals surface area contributed by atoms with Gasteiger partial charge in [0.25, 0.3) is 0 Å². The lowest BCUT2D eigenvalue weighted by Crippen LogP contribution is -2.49. The van der Waals surface area contributed by atoms with Gasteiger partial charge in [0.05, 0.1) is 24.1 Å². The molecular formula is C12H17BrN2O. The van der Waals surface area contributed by atoms with Crippen LogP contribution in [0.3, 0.4) is 0 Å². The van der Waals surface area contributed by atoms with Crippen LogP contribution in [-0.2, 0) is 4.74 Å². The highest BCUT2D eigenvalue weighted by molar-refractivity contribution is 9.10. The summed E-state index contributed by atoms with van der Waals surface area (Å²) in [4.78, 5) is 6.54. The van der Waals surface area contributed by atoms with Crippen molar-refractivity contribution in [2.24, 2.45) is 0 Å². The number of nitrogens with zero attached hydrogens (tertiary/aromatic N) is 2. The molecule has 0 aromatic carbocycles. The molecule has 1 aromatic heterocycles. The van der Waals surface area contributed by atoms with Crippen LogP contribution < -0.4 is 4.90 Å². The van der Waals surface area contributed by atoms with E-state index in [1.54, 1.807) is 0 Å². The van der Waals surface area contributed by atoms with Crippen LogP contribution in [-0.4, -0.2) is 30.3 Å². The minimum absolute atomic E-state index is 0.0272. The van der Waals surface area contributed by atoms with Gasteiger partial charge in [-0.2, -0.15) is 0 Å². The Balaban J connectivity index is 2.16. The minimum Gasteiger partial charge on any atom is -0.372 e. The van der Waals surface area contributed by atoms with Gasteiger partial charge >= 0.3 is 0 Å². The number of ether oxygens (including phenoxy) is 1. The fourth-order valence-electron chi connectivity index (χ4n) is 1.94. The highest BCUT2D eigenvalue weighted by Crippen LogP contribution is 2.26. The topological polar surface area (TPSA) is 25.4 Å². The molecular weight excluding hydrogens is 268 g/mol. The van der Waals surface area contributed by atoms with E-state index in [-0.39, 0.29) is 5.60 Å². The maximum Gasteiger partial charge on any atom is 0.0826 e. The first-order valence-corrected chi connectivity index (χ1v) is 6.42. The number of rotatable bonds is 2.